The lowest BCUT2D eigenvalue weighted by atomic mass is 10.2. The molecule has 1 aromatic carbocycles. The van der Waals surface area contributed by atoms with E-state index in [1.165, 1.54) is 0 Å². The van der Waals surface area contributed by atoms with Crippen LogP contribution in [-0.2, 0) is 0 Å². The Morgan fingerprint density at radius 1 is 1.59 bits per heavy atom. The van der Waals surface area contributed by atoms with Crippen LogP contribution in [0.15, 0.2) is 24.3 Å². The summed E-state index contributed by atoms with van der Waals surface area (Å²) in [7, 11) is 0. The number of halogens is 1. The number of carbonyl (C=O) groups excluding carboxylic acids is 1. The monoisotopic (exact) mass is 271 g/mol. The number of rotatable bonds is 4. The van der Waals surface area contributed by atoms with Gasteiger partial charge < -0.3 is 16.4 Å². The minimum atomic E-state index is -0.310. The van der Waals surface area contributed by atoms with E-state index in [4.69, 9.17) is 29.6 Å². The molecule has 0 radical (unpaired) electrons. The zero-order chi connectivity index (χ0) is 12.8. The van der Waals surface area contributed by atoms with Crippen LogP contribution >= 0.6 is 23.8 Å². The molecule has 92 valence electrons. The zero-order valence-corrected chi connectivity index (χ0v) is 10.9. The summed E-state index contributed by atoms with van der Waals surface area (Å²) in [5, 5.41) is 5.90. The molecule has 1 unspecified atom stereocenters. The number of thiocarbonyl (C=S) groups is 1. The number of carbonyl (C=O) groups is 1. The molecule has 1 atom stereocenters. The maximum Gasteiger partial charge on any atom is 0.319 e. The van der Waals surface area contributed by atoms with Crippen molar-refractivity contribution in [1.82, 2.24) is 5.32 Å². The normalized spacial score (nSPS) is 11.6. The molecule has 1 aromatic rings. The summed E-state index contributed by atoms with van der Waals surface area (Å²) < 4.78 is 0. The summed E-state index contributed by atoms with van der Waals surface area (Å²) in [5.74, 6) is -0.0323. The van der Waals surface area contributed by atoms with Gasteiger partial charge in [-0.25, -0.2) is 4.79 Å². The summed E-state index contributed by atoms with van der Waals surface area (Å²) in [6.07, 6.45) is 0. The Morgan fingerprint density at radius 2 is 2.29 bits per heavy atom. The van der Waals surface area contributed by atoms with Gasteiger partial charge in [0.2, 0.25) is 0 Å². The molecule has 2 amide bonds. The van der Waals surface area contributed by atoms with E-state index < -0.39 is 0 Å². The third kappa shape index (κ3) is 5.01. The van der Waals surface area contributed by atoms with Gasteiger partial charge >= 0.3 is 6.03 Å². The van der Waals surface area contributed by atoms with E-state index in [-0.39, 0.29) is 11.9 Å². The predicted molar refractivity (Wildman–Crippen MR) is 74.4 cm³/mol. The van der Waals surface area contributed by atoms with Crippen molar-refractivity contribution in [2.24, 2.45) is 11.7 Å². The third-order valence-corrected chi connectivity index (χ3v) is 2.77. The van der Waals surface area contributed by atoms with Crippen molar-refractivity contribution in [3.05, 3.63) is 29.3 Å². The first kappa shape index (κ1) is 13.7. The molecule has 0 aliphatic rings. The number of nitrogens with one attached hydrogen (secondary N) is 2. The topological polar surface area (TPSA) is 67.2 Å². The van der Waals surface area contributed by atoms with Crippen molar-refractivity contribution in [3.8, 4) is 0 Å². The first-order valence-electron chi connectivity index (χ1n) is 5.09. The molecule has 4 N–H and O–H groups in total. The standard InChI is InChI=1S/C11H14ClN3OS/c1-7(10(13)17)6-14-11(16)15-9-4-2-3-8(12)5-9/h2-5,7H,6H2,1H3,(H2,13,17)(H2,14,15,16). The molecular formula is C11H14ClN3OS. The third-order valence-electron chi connectivity index (χ3n) is 2.14. The molecule has 17 heavy (non-hydrogen) atoms. The first-order valence-corrected chi connectivity index (χ1v) is 5.87. The minimum Gasteiger partial charge on any atom is -0.393 e. The van der Waals surface area contributed by atoms with Gasteiger partial charge in [0.15, 0.2) is 0 Å². The van der Waals surface area contributed by atoms with E-state index in [1.807, 2.05) is 6.92 Å². The minimum absolute atomic E-state index is 0.0323. The van der Waals surface area contributed by atoms with Gasteiger partial charge in [0.25, 0.3) is 0 Å². The maximum absolute atomic E-state index is 11.5. The Bertz CT molecular complexity index is 425. The quantitative estimate of drug-likeness (QED) is 0.737. The molecule has 0 saturated carbocycles. The van der Waals surface area contributed by atoms with E-state index >= 15 is 0 Å². The van der Waals surface area contributed by atoms with Crippen LogP contribution in [0.2, 0.25) is 5.02 Å². The van der Waals surface area contributed by atoms with Gasteiger partial charge in [0.1, 0.15) is 0 Å². The van der Waals surface area contributed by atoms with Crippen molar-refractivity contribution >= 4 is 40.5 Å². The number of hydrogen-bond donors (Lipinski definition) is 3. The lowest BCUT2D eigenvalue weighted by molar-refractivity contribution is 0.251. The molecular weight excluding hydrogens is 258 g/mol. The number of nitrogens with two attached hydrogens (primary N) is 1. The van der Waals surface area contributed by atoms with E-state index in [0.717, 1.165) is 0 Å². The van der Waals surface area contributed by atoms with Crippen LogP contribution in [0.1, 0.15) is 6.92 Å². The van der Waals surface area contributed by atoms with Gasteiger partial charge in [-0.15, -0.1) is 0 Å². The van der Waals surface area contributed by atoms with Gasteiger partial charge in [-0.1, -0.05) is 36.8 Å². The molecule has 0 spiro atoms. The SMILES string of the molecule is CC(CNC(=O)Nc1cccc(Cl)c1)C(N)=S. The Kier molecular flexibility index (Phi) is 5.18. The highest BCUT2D eigenvalue weighted by molar-refractivity contribution is 7.80. The molecule has 0 heterocycles. The van der Waals surface area contributed by atoms with Crippen LogP contribution in [0.5, 0.6) is 0 Å². The first-order chi connectivity index (χ1) is 7.99. The van der Waals surface area contributed by atoms with Crippen LogP contribution in [-0.4, -0.2) is 17.6 Å². The second kappa shape index (κ2) is 6.42. The second-order valence-corrected chi connectivity index (χ2v) is 4.56. The number of benzene rings is 1. The van der Waals surface area contributed by atoms with Gasteiger partial charge in [0.05, 0.1) is 4.99 Å². The van der Waals surface area contributed by atoms with E-state index in [2.05, 4.69) is 10.6 Å². The van der Waals surface area contributed by atoms with E-state index in [9.17, 15) is 4.79 Å². The largest absolute Gasteiger partial charge is 0.393 e. The molecule has 0 aromatic heterocycles. The lowest BCUT2D eigenvalue weighted by Crippen LogP contribution is -2.36. The van der Waals surface area contributed by atoms with Crippen LogP contribution in [0.3, 0.4) is 0 Å². The summed E-state index contributed by atoms with van der Waals surface area (Å²) in [6.45, 7) is 2.25. The highest BCUT2D eigenvalue weighted by Crippen LogP contribution is 2.14. The summed E-state index contributed by atoms with van der Waals surface area (Å²) >= 11 is 10.6. The number of hydrogen-bond acceptors (Lipinski definition) is 2. The van der Waals surface area contributed by atoms with Crippen LogP contribution < -0.4 is 16.4 Å². The lowest BCUT2D eigenvalue weighted by Gasteiger charge is -2.11. The fourth-order valence-corrected chi connectivity index (χ4v) is 1.36. The number of urea groups is 1. The second-order valence-electron chi connectivity index (χ2n) is 3.65. The highest BCUT2D eigenvalue weighted by atomic mass is 35.5. The molecule has 0 saturated heterocycles. The van der Waals surface area contributed by atoms with Crippen molar-refractivity contribution in [3.63, 3.8) is 0 Å². The Labute approximate surface area is 111 Å². The van der Waals surface area contributed by atoms with Crippen molar-refractivity contribution < 1.29 is 4.79 Å². The van der Waals surface area contributed by atoms with Crippen molar-refractivity contribution in [2.45, 2.75) is 6.92 Å². The van der Waals surface area contributed by atoms with Gasteiger partial charge in [-0.2, -0.15) is 0 Å². The molecule has 1 rings (SSSR count). The number of anilines is 1. The average Bonchev–Trinajstić information content (AvgIpc) is 2.25. The molecule has 0 aliphatic carbocycles. The average molecular weight is 272 g/mol. The Balaban J connectivity index is 2.42. The number of amides is 2. The van der Waals surface area contributed by atoms with Crippen molar-refractivity contribution in [1.29, 1.82) is 0 Å². The maximum atomic E-state index is 11.5. The van der Waals surface area contributed by atoms with Crippen molar-refractivity contribution in [2.75, 3.05) is 11.9 Å². The van der Waals surface area contributed by atoms with Gasteiger partial charge in [-0.05, 0) is 18.2 Å². The Hall–Kier alpha value is -1.33. The smallest absolute Gasteiger partial charge is 0.319 e. The van der Waals surface area contributed by atoms with E-state index in [1.54, 1.807) is 24.3 Å². The molecule has 0 bridgehead atoms. The van der Waals surface area contributed by atoms with Gasteiger partial charge in [-0.3, -0.25) is 0 Å². The van der Waals surface area contributed by atoms with Crippen LogP contribution in [0.4, 0.5) is 10.5 Å². The summed E-state index contributed by atoms with van der Waals surface area (Å²) in [5.41, 5.74) is 6.07. The summed E-state index contributed by atoms with van der Waals surface area (Å²) in [4.78, 5) is 11.9. The van der Waals surface area contributed by atoms with Crippen LogP contribution in [0.25, 0.3) is 0 Å². The fraction of sp³-hybridized carbons (Fsp3) is 0.273. The molecule has 6 heteroatoms. The fourth-order valence-electron chi connectivity index (χ4n) is 1.09. The molecule has 0 aliphatic heterocycles. The van der Waals surface area contributed by atoms with Gasteiger partial charge in [0, 0.05) is 23.2 Å². The van der Waals surface area contributed by atoms with Crippen LogP contribution in [0, 0.1) is 5.92 Å². The molecule has 4 nitrogen and oxygen atoms in total. The predicted octanol–water partition coefficient (Wildman–Crippen LogP) is 2.38. The molecule has 0 fully saturated rings. The summed E-state index contributed by atoms with van der Waals surface area (Å²) in [6, 6.07) is 6.60. The zero-order valence-electron chi connectivity index (χ0n) is 9.37. The van der Waals surface area contributed by atoms with E-state index in [0.29, 0.717) is 22.2 Å². The Morgan fingerprint density at radius 3 is 2.88 bits per heavy atom. The highest BCUT2D eigenvalue weighted by Gasteiger charge is 2.07.